The van der Waals surface area contributed by atoms with Gasteiger partial charge in [-0.1, -0.05) is 42.5 Å². The van der Waals surface area contributed by atoms with Gasteiger partial charge in [-0.25, -0.2) is 0 Å². The number of piperidine rings is 1. The van der Waals surface area contributed by atoms with Crippen molar-refractivity contribution in [3.05, 3.63) is 71.5 Å². The number of rotatable bonds is 6. The van der Waals surface area contributed by atoms with E-state index in [0.717, 1.165) is 24.2 Å². The molecule has 32 heavy (non-hydrogen) atoms. The molecule has 1 saturated heterocycles. The molecule has 0 spiro atoms. The minimum Gasteiger partial charge on any atom is -0.368 e. The lowest BCUT2D eigenvalue weighted by Crippen LogP contribution is -2.51. The number of aryl methyl sites for hydroxylation is 1. The average molecular weight is 432 g/mol. The quantitative estimate of drug-likeness (QED) is 0.550. The van der Waals surface area contributed by atoms with Gasteiger partial charge in [0.15, 0.2) is 0 Å². The first-order valence-electron chi connectivity index (χ1n) is 10.8. The van der Waals surface area contributed by atoms with Gasteiger partial charge in [0.05, 0.1) is 6.54 Å². The van der Waals surface area contributed by atoms with Gasteiger partial charge in [-0.3, -0.25) is 9.69 Å². The van der Waals surface area contributed by atoms with Crippen LogP contribution >= 0.6 is 0 Å². The summed E-state index contributed by atoms with van der Waals surface area (Å²) in [5.74, 6) is 1.47. The molecule has 166 valence electrons. The zero-order chi connectivity index (χ0) is 22.5. The Balaban J connectivity index is 1.48. The first kappa shape index (κ1) is 21.7. The Bertz CT molecular complexity index is 1070. The summed E-state index contributed by atoms with van der Waals surface area (Å²) in [5, 5.41) is 6.34. The molecule has 1 aliphatic rings. The third kappa shape index (κ3) is 5.59. The molecule has 1 aliphatic heterocycles. The fourth-order valence-electron chi connectivity index (χ4n) is 4.29. The summed E-state index contributed by atoms with van der Waals surface area (Å²) in [7, 11) is 0. The van der Waals surface area contributed by atoms with E-state index in [0.29, 0.717) is 24.9 Å². The van der Waals surface area contributed by atoms with Gasteiger partial charge < -0.3 is 16.4 Å². The van der Waals surface area contributed by atoms with E-state index in [2.05, 4.69) is 42.6 Å². The zero-order valence-electron chi connectivity index (χ0n) is 18.5. The lowest BCUT2D eigenvalue weighted by atomic mass is 9.85. The minimum atomic E-state index is -0.0215. The van der Waals surface area contributed by atoms with E-state index in [1.807, 2.05) is 49.4 Å². The van der Waals surface area contributed by atoms with Crippen LogP contribution in [0.3, 0.4) is 0 Å². The number of hydrogen-bond acceptors (Lipinski definition) is 7. The number of carbonyl (C=O) groups is 1. The van der Waals surface area contributed by atoms with Crippen LogP contribution in [0.1, 0.15) is 36.2 Å². The number of nitrogens with zero attached hydrogens (tertiary/aromatic N) is 4. The number of likely N-dealkylation sites (tertiary alicyclic amines) is 1. The largest absolute Gasteiger partial charge is 0.368 e. The van der Waals surface area contributed by atoms with Crippen LogP contribution in [0.15, 0.2) is 54.6 Å². The molecule has 2 atom stereocenters. The predicted octanol–water partition coefficient (Wildman–Crippen LogP) is 3.00. The Kier molecular flexibility index (Phi) is 6.61. The van der Waals surface area contributed by atoms with Gasteiger partial charge >= 0.3 is 0 Å². The van der Waals surface area contributed by atoms with Gasteiger partial charge in [0.1, 0.15) is 5.82 Å². The Morgan fingerprint density at radius 1 is 1.12 bits per heavy atom. The van der Waals surface area contributed by atoms with Gasteiger partial charge in [0, 0.05) is 31.1 Å². The zero-order valence-corrected chi connectivity index (χ0v) is 18.5. The second-order valence-electron chi connectivity index (χ2n) is 8.28. The van der Waals surface area contributed by atoms with Crippen LogP contribution in [0.5, 0.6) is 0 Å². The van der Waals surface area contributed by atoms with Crippen LogP contribution < -0.4 is 16.4 Å². The van der Waals surface area contributed by atoms with Crippen LogP contribution in [0.25, 0.3) is 0 Å². The van der Waals surface area contributed by atoms with Gasteiger partial charge in [-0.05, 0) is 43.1 Å². The minimum absolute atomic E-state index is 0.0210. The van der Waals surface area contributed by atoms with E-state index in [1.165, 1.54) is 5.56 Å². The molecule has 4 rings (SSSR count). The molecular weight excluding hydrogens is 402 g/mol. The molecular formula is C24H29N7O. The molecule has 0 saturated carbocycles. The fraction of sp³-hybridized carbons (Fsp3) is 0.333. The van der Waals surface area contributed by atoms with Crippen LogP contribution in [0.2, 0.25) is 0 Å². The SMILES string of the molecule is CC(=O)N[C@H]1CN(Cc2nc(N)nc(Nc3cccc(C)c3)n2)CC[C@H]1c1ccccc1. The lowest BCUT2D eigenvalue weighted by molar-refractivity contribution is -0.120. The van der Waals surface area contributed by atoms with E-state index in [1.54, 1.807) is 6.92 Å². The van der Waals surface area contributed by atoms with Crippen LogP contribution in [0, 0.1) is 6.92 Å². The van der Waals surface area contributed by atoms with E-state index in [4.69, 9.17) is 5.73 Å². The molecule has 2 heterocycles. The summed E-state index contributed by atoms with van der Waals surface area (Å²) in [4.78, 5) is 27.2. The van der Waals surface area contributed by atoms with Crippen LogP contribution in [0.4, 0.5) is 17.6 Å². The van der Waals surface area contributed by atoms with Gasteiger partial charge in [0.2, 0.25) is 17.8 Å². The number of benzene rings is 2. The summed E-state index contributed by atoms with van der Waals surface area (Å²) in [6.07, 6.45) is 0.934. The molecule has 2 aromatic carbocycles. The molecule has 4 N–H and O–H groups in total. The third-order valence-corrected chi connectivity index (χ3v) is 5.65. The van der Waals surface area contributed by atoms with Crippen LogP contribution in [-0.4, -0.2) is 44.9 Å². The summed E-state index contributed by atoms with van der Waals surface area (Å²) >= 11 is 0. The molecule has 0 aliphatic carbocycles. The van der Waals surface area contributed by atoms with E-state index >= 15 is 0 Å². The molecule has 0 unspecified atom stereocenters. The Labute approximate surface area is 188 Å². The Morgan fingerprint density at radius 3 is 2.69 bits per heavy atom. The topological polar surface area (TPSA) is 109 Å². The third-order valence-electron chi connectivity index (χ3n) is 5.65. The van der Waals surface area contributed by atoms with Crippen molar-refractivity contribution in [3.63, 3.8) is 0 Å². The first-order chi connectivity index (χ1) is 15.5. The maximum absolute atomic E-state index is 11.9. The number of carbonyl (C=O) groups excluding carboxylic acids is 1. The molecule has 1 aromatic heterocycles. The highest BCUT2D eigenvalue weighted by atomic mass is 16.1. The predicted molar refractivity (Wildman–Crippen MR) is 125 cm³/mol. The number of nitrogen functional groups attached to an aromatic ring is 1. The summed E-state index contributed by atoms with van der Waals surface area (Å²) in [6.45, 7) is 5.72. The van der Waals surface area contributed by atoms with E-state index in [9.17, 15) is 4.79 Å². The maximum atomic E-state index is 11.9. The molecule has 0 radical (unpaired) electrons. The summed E-state index contributed by atoms with van der Waals surface area (Å²) in [6, 6.07) is 18.4. The normalized spacial score (nSPS) is 18.8. The fourth-order valence-corrected chi connectivity index (χ4v) is 4.29. The maximum Gasteiger partial charge on any atom is 0.232 e. The molecule has 1 amide bonds. The Morgan fingerprint density at radius 2 is 1.94 bits per heavy atom. The second kappa shape index (κ2) is 9.74. The molecule has 8 nitrogen and oxygen atoms in total. The standard InChI is InChI=1S/C24H29N7O/c1-16-7-6-10-19(13-16)27-24-29-22(28-23(25)30-24)15-31-12-11-20(18-8-4-3-5-9-18)21(14-31)26-17(2)32/h3-10,13,20-21H,11-12,14-15H2,1-2H3,(H,26,32)(H3,25,27,28,29,30)/t20-,21-/m0/s1. The summed E-state index contributed by atoms with van der Waals surface area (Å²) < 4.78 is 0. The van der Waals surface area contributed by atoms with Crippen molar-refractivity contribution in [2.45, 2.75) is 38.8 Å². The van der Waals surface area contributed by atoms with Crippen molar-refractivity contribution in [2.75, 3.05) is 24.1 Å². The number of nitrogens with two attached hydrogens (primary N) is 1. The smallest absolute Gasteiger partial charge is 0.232 e. The van der Waals surface area contributed by atoms with Crippen molar-refractivity contribution in [2.24, 2.45) is 0 Å². The number of anilines is 3. The number of amides is 1. The number of aromatic nitrogens is 3. The van der Waals surface area contributed by atoms with Crippen LogP contribution in [-0.2, 0) is 11.3 Å². The molecule has 3 aromatic rings. The van der Waals surface area contributed by atoms with Crippen molar-refractivity contribution >= 4 is 23.5 Å². The highest BCUT2D eigenvalue weighted by Gasteiger charge is 2.31. The van der Waals surface area contributed by atoms with Gasteiger partial charge in [-0.2, -0.15) is 15.0 Å². The lowest BCUT2D eigenvalue weighted by Gasteiger charge is -2.38. The van der Waals surface area contributed by atoms with E-state index < -0.39 is 0 Å². The number of nitrogens with one attached hydrogen (secondary N) is 2. The van der Waals surface area contributed by atoms with Gasteiger partial charge in [0.25, 0.3) is 0 Å². The highest BCUT2D eigenvalue weighted by molar-refractivity contribution is 5.73. The molecule has 1 fully saturated rings. The van der Waals surface area contributed by atoms with Crippen molar-refractivity contribution < 1.29 is 4.79 Å². The second-order valence-corrected chi connectivity index (χ2v) is 8.28. The van der Waals surface area contributed by atoms with Crippen molar-refractivity contribution in [1.29, 1.82) is 0 Å². The monoisotopic (exact) mass is 431 g/mol. The molecule has 0 bridgehead atoms. The Hall–Kier alpha value is -3.52. The van der Waals surface area contributed by atoms with Crippen molar-refractivity contribution in [1.82, 2.24) is 25.2 Å². The average Bonchev–Trinajstić information content (AvgIpc) is 2.74. The molecule has 8 heteroatoms. The van der Waals surface area contributed by atoms with Crippen molar-refractivity contribution in [3.8, 4) is 0 Å². The summed E-state index contributed by atoms with van der Waals surface area (Å²) in [5.41, 5.74) is 9.25. The number of hydrogen-bond donors (Lipinski definition) is 3. The van der Waals surface area contributed by atoms with Gasteiger partial charge in [-0.15, -0.1) is 0 Å². The highest BCUT2D eigenvalue weighted by Crippen LogP contribution is 2.29. The first-order valence-corrected chi connectivity index (χ1v) is 10.8. The van der Waals surface area contributed by atoms with E-state index in [-0.39, 0.29) is 23.8 Å².